The minimum Gasteiger partial charge on any atom is -0.497 e. The van der Waals surface area contributed by atoms with Gasteiger partial charge in [-0.3, -0.25) is 0 Å². The van der Waals surface area contributed by atoms with E-state index in [1.807, 2.05) is 31.2 Å². The Labute approximate surface area is 124 Å². The molecule has 108 valence electrons. The van der Waals surface area contributed by atoms with Crippen molar-refractivity contribution in [2.45, 2.75) is 26.3 Å². The van der Waals surface area contributed by atoms with Crippen molar-refractivity contribution < 1.29 is 9.15 Å². The highest BCUT2D eigenvalue weighted by molar-refractivity contribution is 6.31. The zero-order valence-corrected chi connectivity index (χ0v) is 12.8. The summed E-state index contributed by atoms with van der Waals surface area (Å²) >= 11 is 6.39. The number of furan rings is 1. The molecule has 1 atom stereocenters. The summed E-state index contributed by atoms with van der Waals surface area (Å²) in [6.07, 6.45) is 2.76. The van der Waals surface area contributed by atoms with Crippen molar-refractivity contribution in [2.24, 2.45) is 0 Å². The second kappa shape index (κ2) is 6.82. The van der Waals surface area contributed by atoms with Gasteiger partial charge in [-0.25, -0.2) is 0 Å². The van der Waals surface area contributed by atoms with E-state index in [1.54, 1.807) is 13.4 Å². The Morgan fingerprint density at radius 2 is 2.15 bits per heavy atom. The summed E-state index contributed by atoms with van der Waals surface area (Å²) in [4.78, 5) is 0. The third-order valence-electron chi connectivity index (χ3n) is 3.28. The summed E-state index contributed by atoms with van der Waals surface area (Å²) in [5, 5.41) is 4.16. The van der Waals surface area contributed by atoms with Crippen LogP contribution in [-0.4, -0.2) is 13.7 Å². The monoisotopic (exact) mass is 293 g/mol. The maximum atomic E-state index is 6.39. The first kappa shape index (κ1) is 14.9. The van der Waals surface area contributed by atoms with E-state index in [-0.39, 0.29) is 6.04 Å². The summed E-state index contributed by atoms with van der Waals surface area (Å²) in [6.45, 7) is 5.07. The number of benzene rings is 1. The van der Waals surface area contributed by atoms with Crippen LogP contribution in [0.4, 0.5) is 0 Å². The third-order valence-corrected chi connectivity index (χ3v) is 3.61. The van der Waals surface area contributed by atoms with Crippen molar-refractivity contribution in [1.29, 1.82) is 0 Å². The first-order valence-electron chi connectivity index (χ1n) is 6.78. The number of halogens is 1. The molecule has 0 amide bonds. The fourth-order valence-electron chi connectivity index (χ4n) is 2.18. The number of methoxy groups -OCH3 is 1. The van der Waals surface area contributed by atoms with Crippen LogP contribution in [0.2, 0.25) is 5.02 Å². The van der Waals surface area contributed by atoms with E-state index in [4.69, 9.17) is 20.8 Å². The highest BCUT2D eigenvalue weighted by Crippen LogP contribution is 2.32. The predicted octanol–water partition coefficient (Wildman–Crippen LogP) is 4.34. The number of nitrogens with one attached hydrogen (secondary N) is 1. The number of aryl methyl sites for hydroxylation is 1. The second-order valence-corrected chi connectivity index (χ2v) is 5.15. The molecule has 0 fully saturated rings. The lowest BCUT2D eigenvalue weighted by Gasteiger charge is -2.19. The van der Waals surface area contributed by atoms with Crippen molar-refractivity contribution in [1.82, 2.24) is 5.32 Å². The van der Waals surface area contributed by atoms with E-state index in [9.17, 15) is 0 Å². The van der Waals surface area contributed by atoms with Gasteiger partial charge in [0, 0.05) is 5.02 Å². The molecule has 3 nitrogen and oxygen atoms in total. The fourth-order valence-corrected chi connectivity index (χ4v) is 2.46. The molecule has 0 bridgehead atoms. The molecule has 0 radical (unpaired) electrons. The van der Waals surface area contributed by atoms with Gasteiger partial charge in [0.05, 0.1) is 19.4 Å². The van der Waals surface area contributed by atoms with Crippen LogP contribution in [-0.2, 0) is 0 Å². The van der Waals surface area contributed by atoms with E-state index >= 15 is 0 Å². The molecule has 2 rings (SSSR count). The summed E-state index contributed by atoms with van der Waals surface area (Å²) < 4.78 is 10.8. The van der Waals surface area contributed by atoms with Crippen LogP contribution in [0.1, 0.15) is 36.3 Å². The molecule has 20 heavy (non-hydrogen) atoms. The van der Waals surface area contributed by atoms with Crippen molar-refractivity contribution >= 4 is 11.6 Å². The Balaban J connectivity index is 2.38. The molecule has 1 N–H and O–H groups in total. The van der Waals surface area contributed by atoms with Crippen molar-refractivity contribution in [3.05, 3.63) is 52.4 Å². The topological polar surface area (TPSA) is 34.4 Å². The summed E-state index contributed by atoms with van der Waals surface area (Å²) in [7, 11) is 1.63. The average Bonchev–Trinajstić information content (AvgIpc) is 2.87. The van der Waals surface area contributed by atoms with Gasteiger partial charge in [0.15, 0.2) is 0 Å². The minimum absolute atomic E-state index is 0.0386. The maximum Gasteiger partial charge on any atom is 0.128 e. The molecule has 0 spiro atoms. The maximum absolute atomic E-state index is 6.39. The minimum atomic E-state index is -0.0386. The van der Waals surface area contributed by atoms with Crippen LogP contribution in [0, 0.1) is 6.92 Å². The van der Waals surface area contributed by atoms with Crippen molar-refractivity contribution in [3.63, 3.8) is 0 Å². The van der Waals surface area contributed by atoms with Crippen LogP contribution in [0.5, 0.6) is 5.75 Å². The molecule has 1 aromatic heterocycles. The molecular formula is C16H20ClNO2. The molecule has 4 heteroatoms. The highest BCUT2D eigenvalue weighted by atomic mass is 35.5. The molecule has 0 saturated heterocycles. The highest BCUT2D eigenvalue weighted by Gasteiger charge is 2.21. The quantitative estimate of drug-likeness (QED) is 0.860. The molecule has 1 aromatic carbocycles. The first-order valence-corrected chi connectivity index (χ1v) is 7.16. The standard InChI is InChI=1S/C16H20ClNO2/c1-4-8-18-15(16-11(2)7-9-20-16)13-6-5-12(19-3)10-14(13)17/h5-7,9-10,15,18H,4,8H2,1-3H3. The smallest absolute Gasteiger partial charge is 0.128 e. The van der Waals surface area contributed by atoms with Gasteiger partial charge in [-0.15, -0.1) is 0 Å². The number of hydrogen-bond acceptors (Lipinski definition) is 3. The lowest BCUT2D eigenvalue weighted by atomic mass is 10.0. The van der Waals surface area contributed by atoms with Gasteiger partial charge in [0.2, 0.25) is 0 Å². The zero-order chi connectivity index (χ0) is 14.5. The second-order valence-electron chi connectivity index (χ2n) is 4.74. The largest absolute Gasteiger partial charge is 0.497 e. The molecule has 0 aliphatic rings. The van der Waals surface area contributed by atoms with Gasteiger partial charge < -0.3 is 14.5 Å². The SMILES string of the molecule is CCCNC(c1ccc(OC)cc1Cl)c1occc1C. The Morgan fingerprint density at radius 1 is 1.35 bits per heavy atom. The number of ether oxygens (including phenoxy) is 1. The van der Waals surface area contributed by atoms with Crippen molar-refractivity contribution in [2.75, 3.05) is 13.7 Å². The molecule has 0 saturated carbocycles. The predicted molar refractivity (Wildman–Crippen MR) is 81.6 cm³/mol. The van der Waals surface area contributed by atoms with Crippen LogP contribution < -0.4 is 10.1 Å². The van der Waals surface area contributed by atoms with Crippen molar-refractivity contribution in [3.8, 4) is 5.75 Å². The first-order chi connectivity index (χ1) is 9.67. The molecule has 1 unspecified atom stereocenters. The Morgan fingerprint density at radius 3 is 2.70 bits per heavy atom. The van der Waals surface area contributed by atoms with E-state index in [0.29, 0.717) is 5.02 Å². The third kappa shape index (κ3) is 3.17. The van der Waals surface area contributed by atoms with Gasteiger partial charge in [-0.2, -0.15) is 0 Å². The lowest BCUT2D eigenvalue weighted by Crippen LogP contribution is -2.23. The zero-order valence-electron chi connectivity index (χ0n) is 12.1. The molecule has 1 heterocycles. The molecule has 0 aliphatic heterocycles. The number of rotatable bonds is 6. The van der Waals surface area contributed by atoms with Gasteiger partial charge in [0.1, 0.15) is 11.5 Å². The Bertz CT molecular complexity index is 565. The van der Waals surface area contributed by atoms with Crippen LogP contribution >= 0.6 is 11.6 Å². The van der Waals surface area contributed by atoms with Gasteiger partial charge in [-0.1, -0.05) is 24.6 Å². The van der Waals surface area contributed by atoms with E-state index < -0.39 is 0 Å². The van der Waals surface area contributed by atoms with E-state index in [2.05, 4.69) is 12.2 Å². The van der Waals surface area contributed by atoms with Gasteiger partial charge >= 0.3 is 0 Å². The molecule has 2 aromatic rings. The number of hydrogen-bond donors (Lipinski definition) is 1. The molecular weight excluding hydrogens is 274 g/mol. The van der Waals surface area contributed by atoms with Crippen LogP contribution in [0.3, 0.4) is 0 Å². The lowest BCUT2D eigenvalue weighted by molar-refractivity contribution is 0.413. The fraction of sp³-hybridized carbons (Fsp3) is 0.375. The van der Waals surface area contributed by atoms with Crippen LogP contribution in [0.25, 0.3) is 0 Å². The normalized spacial score (nSPS) is 12.4. The van der Waals surface area contributed by atoms with Crippen LogP contribution in [0.15, 0.2) is 34.9 Å². The Kier molecular flexibility index (Phi) is 5.10. The summed E-state index contributed by atoms with van der Waals surface area (Å²) in [5.41, 5.74) is 2.12. The summed E-state index contributed by atoms with van der Waals surface area (Å²) in [5.74, 6) is 1.66. The average molecular weight is 294 g/mol. The van der Waals surface area contributed by atoms with E-state index in [1.165, 1.54) is 0 Å². The Hall–Kier alpha value is -1.45. The molecule has 0 aliphatic carbocycles. The van der Waals surface area contributed by atoms with Gasteiger partial charge in [-0.05, 0) is 49.2 Å². The summed E-state index contributed by atoms with van der Waals surface area (Å²) in [6, 6.07) is 7.66. The van der Waals surface area contributed by atoms with Gasteiger partial charge in [0.25, 0.3) is 0 Å². The van der Waals surface area contributed by atoms with E-state index in [0.717, 1.165) is 35.6 Å².